The summed E-state index contributed by atoms with van der Waals surface area (Å²) in [5.41, 5.74) is 0.274. The first-order chi connectivity index (χ1) is 10.2. The minimum Gasteiger partial charge on any atom is -0.508 e. The fourth-order valence-corrected chi connectivity index (χ4v) is 2.82. The lowest BCUT2D eigenvalue weighted by atomic mass is 10.1. The summed E-state index contributed by atoms with van der Waals surface area (Å²) in [6.07, 6.45) is 2.46. The van der Waals surface area contributed by atoms with Crippen molar-refractivity contribution in [3.63, 3.8) is 0 Å². The van der Waals surface area contributed by atoms with Gasteiger partial charge < -0.3 is 5.11 Å². The molecule has 0 saturated carbocycles. The Morgan fingerprint density at radius 2 is 2.09 bits per heavy atom. The third-order valence-electron chi connectivity index (χ3n) is 3.03. The van der Waals surface area contributed by atoms with Crippen LogP contribution in [-0.2, 0) is 16.6 Å². The first-order valence-corrected chi connectivity index (χ1v) is 7.53. The molecule has 0 amide bonds. The van der Waals surface area contributed by atoms with Crippen molar-refractivity contribution < 1.29 is 18.4 Å². The molecule has 0 spiro atoms. The van der Waals surface area contributed by atoms with Crippen LogP contribution in [0.3, 0.4) is 0 Å². The van der Waals surface area contributed by atoms with Crippen LogP contribution in [0, 0.1) is 10.1 Å². The Hall–Kier alpha value is -2.46. The van der Waals surface area contributed by atoms with E-state index in [4.69, 9.17) is 0 Å². The fourth-order valence-electron chi connectivity index (χ4n) is 1.89. The van der Waals surface area contributed by atoms with E-state index in [-0.39, 0.29) is 29.1 Å². The maximum atomic E-state index is 12.2. The van der Waals surface area contributed by atoms with Crippen LogP contribution < -0.4 is 0 Å². The molecule has 2 rings (SSSR count). The maximum Gasteiger partial charge on any atom is 0.308 e. The molecular formula is C12H14N4O5S. The third-order valence-corrected chi connectivity index (χ3v) is 4.77. The van der Waals surface area contributed by atoms with Crippen molar-refractivity contribution in [3.8, 4) is 5.75 Å². The van der Waals surface area contributed by atoms with E-state index >= 15 is 0 Å². The molecule has 1 aromatic heterocycles. The summed E-state index contributed by atoms with van der Waals surface area (Å²) < 4.78 is 26.3. The van der Waals surface area contributed by atoms with Gasteiger partial charge in [0.25, 0.3) is 5.69 Å². The maximum absolute atomic E-state index is 12.2. The number of phenols is 1. The molecule has 1 N–H and O–H groups in total. The monoisotopic (exact) mass is 326 g/mol. The van der Waals surface area contributed by atoms with Gasteiger partial charge in [0.1, 0.15) is 12.1 Å². The van der Waals surface area contributed by atoms with Crippen molar-refractivity contribution in [2.45, 2.75) is 6.42 Å². The predicted molar refractivity (Wildman–Crippen MR) is 77.8 cm³/mol. The smallest absolute Gasteiger partial charge is 0.308 e. The van der Waals surface area contributed by atoms with E-state index in [2.05, 4.69) is 4.98 Å². The highest BCUT2D eigenvalue weighted by atomic mass is 32.2. The third kappa shape index (κ3) is 2.92. The van der Waals surface area contributed by atoms with E-state index in [0.29, 0.717) is 0 Å². The summed E-state index contributed by atoms with van der Waals surface area (Å²) in [4.78, 5) is 14.2. The molecule has 1 aromatic carbocycles. The minimum absolute atomic E-state index is 0.0103. The highest BCUT2D eigenvalue weighted by Crippen LogP contribution is 2.26. The molecule has 0 aliphatic carbocycles. The Morgan fingerprint density at radius 3 is 2.68 bits per heavy atom. The average molecular weight is 326 g/mol. The van der Waals surface area contributed by atoms with Gasteiger partial charge in [-0.3, -0.25) is 10.1 Å². The topological polar surface area (TPSA) is 119 Å². The van der Waals surface area contributed by atoms with Gasteiger partial charge in [-0.1, -0.05) is 0 Å². The lowest BCUT2D eigenvalue weighted by Crippen LogP contribution is -2.29. The summed E-state index contributed by atoms with van der Waals surface area (Å²) in [5.74, 6) is -0.232. The largest absolute Gasteiger partial charge is 0.508 e. The number of aromatic nitrogens is 2. The van der Waals surface area contributed by atoms with Crippen LogP contribution in [0.15, 0.2) is 30.7 Å². The Balaban J connectivity index is 2.47. The molecule has 0 unspecified atom stereocenters. The van der Waals surface area contributed by atoms with Crippen LogP contribution in [0.5, 0.6) is 5.75 Å². The highest BCUT2D eigenvalue weighted by molar-refractivity contribution is 7.87. The number of hydrogen-bond donors (Lipinski definition) is 1. The molecule has 0 saturated heterocycles. The summed E-state index contributed by atoms with van der Waals surface area (Å²) in [7, 11) is -1.00. The van der Waals surface area contributed by atoms with Gasteiger partial charge in [-0.05, 0) is 12.1 Å². The number of nitrogens with zero attached hydrogens (tertiary/aromatic N) is 4. The zero-order valence-electron chi connectivity index (χ0n) is 11.9. The summed E-state index contributed by atoms with van der Waals surface area (Å²) in [5, 5.41) is 20.4. The zero-order chi connectivity index (χ0) is 16.5. The molecular weight excluding hydrogens is 312 g/mol. The molecule has 9 nitrogen and oxygen atoms in total. The second kappa shape index (κ2) is 5.73. The SMILES string of the molecule is CN(C)S(=O)(=O)n1cncc1Cc1ccc(O)cc1[N+](=O)[O-]. The number of nitro benzene ring substituents is 1. The van der Waals surface area contributed by atoms with Crippen LogP contribution in [0.25, 0.3) is 0 Å². The van der Waals surface area contributed by atoms with Gasteiger partial charge in [-0.15, -0.1) is 0 Å². The van der Waals surface area contributed by atoms with E-state index in [1.807, 2.05) is 0 Å². The molecule has 10 heteroatoms. The Bertz CT molecular complexity index is 813. The van der Waals surface area contributed by atoms with Gasteiger partial charge in [0.2, 0.25) is 0 Å². The lowest BCUT2D eigenvalue weighted by molar-refractivity contribution is -0.385. The fraction of sp³-hybridized carbons (Fsp3) is 0.250. The van der Waals surface area contributed by atoms with Gasteiger partial charge in [-0.2, -0.15) is 12.7 Å². The van der Waals surface area contributed by atoms with Gasteiger partial charge >= 0.3 is 10.2 Å². The van der Waals surface area contributed by atoms with E-state index < -0.39 is 15.1 Å². The van der Waals surface area contributed by atoms with E-state index in [9.17, 15) is 23.6 Å². The molecule has 0 bridgehead atoms. The van der Waals surface area contributed by atoms with Crippen molar-refractivity contribution in [1.82, 2.24) is 13.3 Å². The Labute approximate surface area is 126 Å². The first kappa shape index (κ1) is 15.9. The zero-order valence-corrected chi connectivity index (χ0v) is 12.7. The molecule has 2 aromatic rings. The minimum atomic E-state index is -3.76. The summed E-state index contributed by atoms with van der Waals surface area (Å²) in [6.45, 7) is 0. The molecule has 118 valence electrons. The van der Waals surface area contributed by atoms with Crippen LogP contribution in [0.2, 0.25) is 0 Å². The first-order valence-electron chi connectivity index (χ1n) is 6.14. The summed E-state index contributed by atoms with van der Waals surface area (Å²) in [6, 6.07) is 3.72. The van der Waals surface area contributed by atoms with Crippen molar-refractivity contribution in [2.24, 2.45) is 0 Å². The Morgan fingerprint density at radius 1 is 1.41 bits per heavy atom. The summed E-state index contributed by atoms with van der Waals surface area (Å²) >= 11 is 0. The number of hydrogen-bond acceptors (Lipinski definition) is 6. The average Bonchev–Trinajstić information content (AvgIpc) is 2.89. The lowest BCUT2D eigenvalue weighted by Gasteiger charge is -2.14. The van der Waals surface area contributed by atoms with Gasteiger partial charge in [0, 0.05) is 32.3 Å². The van der Waals surface area contributed by atoms with E-state index in [1.54, 1.807) is 0 Å². The molecule has 0 aliphatic rings. The van der Waals surface area contributed by atoms with Crippen molar-refractivity contribution in [1.29, 1.82) is 0 Å². The number of rotatable bonds is 5. The second-order valence-corrected chi connectivity index (χ2v) is 6.74. The molecule has 0 aliphatic heterocycles. The van der Waals surface area contributed by atoms with Gasteiger partial charge in [0.15, 0.2) is 0 Å². The standard InChI is InChI=1S/C12H14N4O5S/c1-14(2)22(20,21)15-8-13-7-10(15)5-9-3-4-11(17)6-12(9)16(18)19/h3-4,6-8,17H,5H2,1-2H3. The number of benzene rings is 1. The molecule has 0 atom stereocenters. The van der Waals surface area contributed by atoms with Gasteiger partial charge in [0.05, 0.1) is 16.7 Å². The second-order valence-electron chi connectivity index (χ2n) is 4.72. The normalized spacial score (nSPS) is 11.8. The predicted octanol–water partition coefficient (Wildman–Crippen LogP) is 0.742. The Kier molecular flexibility index (Phi) is 4.15. The van der Waals surface area contributed by atoms with Crippen LogP contribution in [-0.4, -0.2) is 45.8 Å². The quantitative estimate of drug-likeness (QED) is 0.639. The highest BCUT2D eigenvalue weighted by Gasteiger charge is 2.22. The van der Waals surface area contributed by atoms with Crippen LogP contribution in [0.4, 0.5) is 5.69 Å². The van der Waals surface area contributed by atoms with Crippen LogP contribution in [0.1, 0.15) is 11.3 Å². The van der Waals surface area contributed by atoms with Crippen molar-refractivity contribution in [2.75, 3.05) is 14.1 Å². The van der Waals surface area contributed by atoms with E-state index in [0.717, 1.165) is 20.7 Å². The molecule has 0 fully saturated rings. The molecule has 0 radical (unpaired) electrons. The number of phenolic OH excluding ortho intramolecular Hbond substituents is 1. The van der Waals surface area contributed by atoms with E-state index in [1.165, 1.54) is 32.4 Å². The van der Waals surface area contributed by atoms with Crippen molar-refractivity contribution in [3.05, 3.63) is 52.1 Å². The molecule has 22 heavy (non-hydrogen) atoms. The number of aromatic hydroxyl groups is 1. The molecule has 1 heterocycles. The number of nitro groups is 1. The number of imidazole rings is 1. The van der Waals surface area contributed by atoms with Crippen molar-refractivity contribution >= 4 is 15.9 Å². The van der Waals surface area contributed by atoms with Gasteiger partial charge in [-0.25, -0.2) is 8.96 Å². The van der Waals surface area contributed by atoms with Crippen LogP contribution >= 0.6 is 0 Å².